The molecule has 0 unspecified atom stereocenters. The Labute approximate surface area is 123 Å². The second-order valence-electron chi connectivity index (χ2n) is 5.35. The minimum atomic E-state index is 0.644. The maximum atomic E-state index is 5.69. The van der Waals surface area contributed by atoms with Crippen LogP contribution in [0.4, 0.5) is 0 Å². The summed E-state index contributed by atoms with van der Waals surface area (Å²) in [5.74, 6) is 0.869. The maximum absolute atomic E-state index is 5.69. The smallest absolute Gasteiger partial charge is 0.137 e. The van der Waals surface area contributed by atoms with E-state index in [1.54, 1.807) is 6.20 Å². The number of nitrogens with two attached hydrogens (primary N) is 1. The van der Waals surface area contributed by atoms with Gasteiger partial charge in [0, 0.05) is 12.1 Å². The van der Waals surface area contributed by atoms with E-state index in [1.807, 2.05) is 12.1 Å². The molecule has 0 aliphatic heterocycles. The first-order valence-corrected chi connectivity index (χ1v) is 8.14. The second kappa shape index (κ2) is 11.7. The molecule has 0 radical (unpaired) electrons. The Kier molecular flexibility index (Phi) is 9.93. The largest absolute Gasteiger partial charge is 0.492 e. The van der Waals surface area contributed by atoms with Gasteiger partial charge in [-0.05, 0) is 25.1 Å². The Bertz CT molecular complexity index is 324. The van der Waals surface area contributed by atoms with E-state index in [2.05, 4.69) is 11.9 Å². The molecule has 0 amide bonds. The maximum Gasteiger partial charge on any atom is 0.137 e. The second-order valence-corrected chi connectivity index (χ2v) is 5.35. The van der Waals surface area contributed by atoms with Gasteiger partial charge in [-0.1, -0.05) is 51.9 Å². The number of pyridine rings is 1. The van der Waals surface area contributed by atoms with Crippen molar-refractivity contribution in [2.24, 2.45) is 5.73 Å². The molecule has 3 nitrogen and oxygen atoms in total. The lowest BCUT2D eigenvalue weighted by molar-refractivity contribution is 0.303. The first-order valence-electron chi connectivity index (χ1n) is 8.14. The number of hydrogen-bond acceptors (Lipinski definition) is 3. The molecule has 0 saturated heterocycles. The molecule has 0 aromatic carbocycles. The minimum absolute atomic E-state index is 0.644. The quantitative estimate of drug-likeness (QED) is 0.585. The molecule has 0 aliphatic rings. The van der Waals surface area contributed by atoms with Crippen LogP contribution in [-0.2, 0) is 6.42 Å². The van der Waals surface area contributed by atoms with Gasteiger partial charge in [-0.25, -0.2) is 0 Å². The monoisotopic (exact) mass is 278 g/mol. The van der Waals surface area contributed by atoms with Crippen LogP contribution in [0.2, 0.25) is 0 Å². The molecule has 0 aliphatic carbocycles. The molecule has 0 bridgehead atoms. The lowest BCUT2D eigenvalue weighted by Gasteiger charge is -2.06. The third kappa shape index (κ3) is 8.16. The van der Waals surface area contributed by atoms with Crippen LogP contribution in [-0.4, -0.2) is 18.1 Å². The van der Waals surface area contributed by atoms with Crippen LogP contribution < -0.4 is 10.5 Å². The number of unbranched alkanes of at least 4 members (excludes halogenated alkanes) is 7. The summed E-state index contributed by atoms with van der Waals surface area (Å²) in [4.78, 5) is 4.32. The number of rotatable bonds is 12. The molecule has 0 fully saturated rings. The molecular weight excluding hydrogens is 248 g/mol. The molecule has 0 atom stereocenters. The fourth-order valence-electron chi connectivity index (χ4n) is 2.22. The van der Waals surface area contributed by atoms with Gasteiger partial charge in [-0.3, -0.25) is 4.98 Å². The van der Waals surface area contributed by atoms with E-state index in [9.17, 15) is 0 Å². The average molecular weight is 278 g/mol. The molecule has 1 aromatic rings. The fraction of sp³-hybridized carbons (Fsp3) is 0.706. The Balaban J connectivity index is 1.98. The first kappa shape index (κ1) is 17.0. The van der Waals surface area contributed by atoms with Crippen LogP contribution in [0.3, 0.4) is 0 Å². The van der Waals surface area contributed by atoms with Gasteiger partial charge in [0.2, 0.25) is 0 Å². The predicted molar refractivity (Wildman–Crippen MR) is 85.1 cm³/mol. The van der Waals surface area contributed by atoms with Crippen molar-refractivity contribution >= 4 is 0 Å². The Hall–Kier alpha value is -1.09. The zero-order valence-corrected chi connectivity index (χ0v) is 12.9. The van der Waals surface area contributed by atoms with Crippen LogP contribution in [0.15, 0.2) is 18.3 Å². The summed E-state index contributed by atoms with van der Waals surface area (Å²) in [6.07, 6.45) is 13.2. The van der Waals surface area contributed by atoms with E-state index < -0.39 is 0 Å². The number of hydrogen-bond donors (Lipinski definition) is 1. The van der Waals surface area contributed by atoms with Crippen molar-refractivity contribution < 1.29 is 4.74 Å². The Morgan fingerprint density at radius 1 is 1.00 bits per heavy atom. The molecule has 0 spiro atoms. The van der Waals surface area contributed by atoms with Crippen LogP contribution in [0.1, 0.15) is 64.0 Å². The van der Waals surface area contributed by atoms with Crippen molar-refractivity contribution in [2.45, 2.75) is 64.7 Å². The normalized spacial score (nSPS) is 10.7. The van der Waals surface area contributed by atoms with E-state index >= 15 is 0 Å². The highest BCUT2D eigenvalue weighted by atomic mass is 16.5. The summed E-state index contributed by atoms with van der Waals surface area (Å²) in [7, 11) is 0. The van der Waals surface area contributed by atoms with Gasteiger partial charge in [0.1, 0.15) is 5.75 Å². The number of nitrogens with zero attached hydrogens (tertiary/aromatic N) is 1. The molecular formula is C17H30N2O. The van der Waals surface area contributed by atoms with Gasteiger partial charge >= 0.3 is 0 Å². The molecule has 20 heavy (non-hydrogen) atoms. The Morgan fingerprint density at radius 3 is 2.30 bits per heavy atom. The highest BCUT2D eigenvalue weighted by molar-refractivity contribution is 5.19. The van der Waals surface area contributed by atoms with E-state index in [0.29, 0.717) is 6.54 Å². The van der Waals surface area contributed by atoms with Gasteiger partial charge in [-0.2, -0.15) is 0 Å². The van der Waals surface area contributed by atoms with Gasteiger partial charge < -0.3 is 10.5 Å². The Morgan fingerprint density at radius 2 is 1.70 bits per heavy atom. The standard InChI is InChI=1S/C17H30N2O/c1-2-3-4-5-6-7-8-9-14-20-17-11-10-16(12-13-18)19-15-17/h10-11,15H,2-9,12-14,18H2,1H3. The summed E-state index contributed by atoms with van der Waals surface area (Å²) in [6, 6.07) is 3.98. The first-order chi connectivity index (χ1) is 9.86. The summed E-state index contributed by atoms with van der Waals surface area (Å²) in [5.41, 5.74) is 6.53. The molecule has 1 rings (SSSR count). The molecule has 3 heteroatoms. The van der Waals surface area contributed by atoms with E-state index in [-0.39, 0.29) is 0 Å². The van der Waals surface area contributed by atoms with E-state index in [1.165, 1.54) is 44.9 Å². The highest BCUT2D eigenvalue weighted by Crippen LogP contribution is 2.12. The van der Waals surface area contributed by atoms with Crippen molar-refractivity contribution in [3.05, 3.63) is 24.0 Å². The molecule has 114 valence electrons. The van der Waals surface area contributed by atoms with Crippen molar-refractivity contribution in [3.63, 3.8) is 0 Å². The van der Waals surface area contributed by atoms with Crippen LogP contribution in [0.5, 0.6) is 5.75 Å². The zero-order chi connectivity index (χ0) is 14.5. The SMILES string of the molecule is CCCCCCCCCCOc1ccc(CCN)nc1. The minimum Gasteiger partial charge on any atom is -0.492 e. The summed E-state index contributed by atoms with van der Waals surface area (Å²) in [6.45, 7) is 3.70. The molecule has 1 heterocycles. The van der Waals surface area contributed by atoms with Crippen molar-refractivity contribution in [3.8, 4) is 5.75 Å². The van der Waals surface area contributed by atoms with Crippen LogP contribution in [0.25, 0.3) is 0 Å². The van der Waals surface area contributed by atoms with Crippen LogP contribution in [0, 0.1) is 0 Å². The van der Waals surface area contributed by atoms with Crippen LogP contribution >= 0.6 is 0 Å². The third-order valence-corrected chi connectivity index (χ3v) is 3.46. The van der Waals surface area contributed by atoms with Crippen molar-refractivity contribution in [2.75, 3.05) is 13.2 Å². The lowest BCUT2D eigenvalue weighted by atomic mass is 10.1. The summed E-state index contributed by atoms with van der Waals surface area (Å²) < 4.78 is 5.69. The molecule has 0 saturated carbocycles. The van der Waals surface area contributed by atoms with Crippen molar-refractivity contribution in [1.29, 1.82) is 0 Å². The fourth-order valence-corrected chi connectivity index (χ4v) is 2.22. The lowest BCUT2D eigenvalue weighted by Crippen LogP contribution is -2.04. The third-order valence-electron chi connectivity index (χ3n) is 3.46. The van der Waals surface area contributed by atoms with Gasteiger partial charge in [0.15, 0.2) is 0 Å². The summed E-state index contributed by atoms with van der Waals surface area (Å²) >= 11 is 0. The molecule has 2 N–H and O–H groups in total. The predicted octanol–water partition coefficient (Wildman–Crippen LogP) is 4.10. The van der Waals surface area contributed by atoms with E-state index in [0.717, 1.165) is 30.9 Å². The van der Waals surface area contributed by atoms with Gasteiger partial charge in [0.25, 0.3) is 0 Å². The van der Waals surface area contributed by atoms with Crippen molar-refractivity contribution in [1.82, 2.24) is 4.98 Å². The van der Waals surface area contributed by atoms with Gasteiger partial charge in [-0.15, -0.1) is 0 Å². The highest BCUT2D eigenvalue weighted by Gasteiger charge is 1.97. The van der Waals surface area contributed by atoms with Gasteiger partial charge in [0.05, 0.1) is 12.8 Å². The zero-order valence-electron chi connectivity index (χ0n) is 12.9. The topological polar surface area (TPSA) is 48.1 Å². The van der Waals surface area contributed by atoms with E-state index in [4.69, 9.17) is 10.5 Å². The molecule has 1 aromatic heterocycles. The average Bonchev–Trinajstić information content (AvgIpc) is 2.47. The number of ether oxygens (including phenoxy) is 1. The summed E-state index contributed by atoms with van der Waals surface area (Å²) in [5, 5.41) is 0. The number of aromatic nitrogens is 1.